The van der Waals surface area contributed by atoms with Crippen molar-refractivity contribution in [1.29, 1.82) is 0 Å². The minimum atomic E-state index is -0.0264. The molecule has 0 aliphatic rings. The van der Waals surface area contributed by atoms with Crippen molar-refractivity contribution in [3.63, 3.8) is 0 Å². The Morgan fingerprint density at radius 1 is 1.14 bits per heavy atom. The van der Waals surface area contributed by atoms with Crippen molar-refractivity contribution in [1.82, 2.24) is 5.32 Å². The van der Waals surface area contributed by atoms with E-state index in [1.165, 1.54) is 12.8 Å². The number of benzene rings is 1. The number of ether oxygens (including phenoxy) is 2. The van der Waals surface area contributed by atoms with E-state index >= 15 is 0 Å². The average Bonchev–Trinajstić information content (AvgIpc) is 2.51. The summed E-state index contributed by atoms with van der Waals surface area (Å²) in [5, 5.41) is 6.13. The maximum atomic E-state index is 11.9. The number of hydrogen-bond acceptors (Lipinski definition) is 4. The van der Waals surface area contributed by atoms with Gasteiger partial charge in [-0.2, -0.15) is 0 Å². The fourth-order valence-corrected chi connectivity index (χ4v) is 1.94. The van der Waals surface area contributed by atoms with Gasteiger partial charge in [-0.1, -0.05) is 19.8 Å². The Labute approximate surface area is 127 Å². The summed E-state index contributed by atoms with van der Waals surface area (Å²) in [4.78, 5) is 11.9. The van der Waals surface area contributed by atoms with Crippen LogP contribution in [0.4, 0.5) is 5.69 Å². The number of carbonyl (C=O) groups is 1. The van der Waals surface area contributed by atoms with E-state index in [1.807, 2.05) is 0 Å². The molecule has 1 rings (SSSR count). The minimum Gasteiger partial charge on any atom is -0.497 e. The third-order valence-corrected chi connectivity index (χ3v) is 3.17. The summed E-state index contributed by atoms with van der Waals surface area (Å²) in [5.41, 5.74) is 0.661. The number of amides is 1. The normalized spacial score (nSPS) is 10.2. The van der Waals surface area contributed by atoms with Gasteiger partial charge < -0.3 is 20.1 Å². The number of rotatable bonds is 10. The molecule has 2 N–H and O–H groups in total. The highest BCUT2D eigenvalue weighted by molar-refractivity contribution is 5.92. The Balaban J connectivity index is 2.37. The molecule has 0 aromatic heterocycles. The Morgan fingerprint density at radius 3 is 2.62 bits per heavy atom. The number of methoxy groups -OCH3 is 2. The third-order valence-electron chi connectivity index (χ3n) is 3.17. The maximum Gasteiger partial charge on any atom is 0.225 e. The molecule has 0 aliphatic heterocycles. The van der Waals surface area contributed by atoms with E-state index in [-0.39, 0.29) is 5.91 Å². The van der Waals surface area contributed by atoms with Crippen LogP contribution in [0.25, 0.3) is 0 Å². The van der Waals surface area contributed by atoms with E-state index < -0.39 is 0 Å². The van der Waals surface area contributed by atoms with Crippen LogP contribution in [0, 0.1) is 0 Å². The Hall–Kier alpha value is -1.75. The lowest BCUT2D eigenvalue weighted by molar-refractivity contribution is -0.116. The van der Waals surface area contributed by atoms with E-state index in [1.54, 1.807) is 32.4 Å². The van der Waals surface area contributed by atoms with Gasteiger partial charge in [0, 0.05) is 19.0 Å². The molecule has 0 bridgehead atoms. The van der Waals surface area contributed by atoms with Gasteiger partial charge in [-0.05, 0) is 25.1 Å². The lowest BCUT2D eigenvalue weighted by atomic mass is 10.2. The van der Waals surface area contributed by atoms with Gasteiger partial charge in [0.1, 0.15) is 11.5 Å². The van der Waals surface area contributed by atoms with Crippen LogP contribution in [0.2, 0.25) is 0 Å². The van der Waals surface area contributed by atoms with Crippen molar-refractivity contribution in [2.24, 2.45) is 0 Å². The summed E-state index contributed by atoms with van der Waals surface area (Å²) in [6.45, 7) is 3.83. The van der Waals surface area contributed by atoms with Crippen LogP contribution < -0.4 is 20.1 Å². The van der Waals surface area contributed by atoms with Crippen LogP contribution in [0.15, 0.2) is 18.2 Å². The van der Waals surface area contributed by atoms with Crippen molar-refractivity contribution < 1.29 is 14.3 Å². The zero-order valence-corrected chi connectivity index (χ0v) is 13.2. The molecular weight excluding hydrogens is 268 g/mol. The van der Waals surface area contributed by atoms with Crippen LogP contribution in [0.5, 0.6) is 11.5 Å². The van der Waals surface area contributed by atoms with Crippen LogP contribution >= 0.6 is 0 Å². The largest absolute Gasteiger partial charge is 0.497 e. The molecule has 0 atom stereocenters. The fraction of sp³-hybridized carbons (Fsp3) is 0.562. The molecule has 0 unspecified atom stereocenters. The van der Waals surface area contributed by atoms with Crippen molar-refractivity contribution in [2.45, 2.75) is 32.6 Å². The van der Waals surface area contributed by atoms with Crippen LogP contribution in [-0.4, -0.2) is 33.2 Å². The molecule has 5 heteroatoms. The third kappa shape index (κ3) is 6.49. The number of carbonyl (C=O) groups excluding carboxylic acids is 1. The molecule has 0 saturated carbocycles. The molecule has 0 aliphatic carbocycles. The van der Waals surface area contributed by atoms with Gasteiger partial charge in [-0.25, -0.2) is 0 Å². The van der Waals surface area contributed by atoms with Gasteiger partial charge in [-0.3, -0.25) is 4.79 Å². The Bertz CT molecular complexity index is 436. The van der Waals surface area contributed by atoms with Gasteiger partial charge in [0.15, 0.2) is 0 Å². The first-order valence-electron chi connectivity index (χ1n) is 7.43. The smallest absolute Gasteiger partial charge is 0.225 e. The number of hydrogen-bond donors (Lipinski definition) is 2. The average molecular weight is 294 g/mol. The summed E-state index contributed by atoms with van der Waals surface area (Å²) in [5.74, 6) is 1.27. The first-order valence-corrected chi connectivity index (χ1v) is 7.43. The van der Waals surface area contributed by atoms with Gasteiger partial charge in [0.25, 0.3) is 0 Å². The summed E-state index contributed by atoms with van der Waals surface area (Å²) in [7, 11) is 3.16. The highest BCUT2D eigenvalue weighted by atomic mass is 16.5. The van der Waals surface area contributed by atoms with Crippen molar-refractivity contribution in [3.05, 3.63) is 18.2 Å². The van der Waals surface area contributed by atoms with Crippen LogP contribution in [0.3, 0.4) is 0 Å². The summed E-state index contributed by atoms with van der Waals surface area (Å²) >= 11 is 0. The fourth-order valence-electron chi connectivity index (χ4n) is 1.94. The molecule has 0 spiro atoms. The van der Waals surface area contributed by atoms with Gasteiger partial charge in [0.05, 0.1) is 19.9 Å². The SMILES string of the molecule is CCCCCNCCC(=O)Nc1ccc(OC)cc1OC. The quantitative estimate of drug-likeness (QED) is 0.651. The number of nitrogens with one attached hydrogen (secondary N) is 2. The number of anilines is 1. The Kier molecular flexibility index (Phi) is 8.28. The molecule has 5 nitrogen and oxygen atoms in total. The second-order valence-corrected chi connectivity index (χ2v) is 4.82. The molecule has 0 heterocycles. The first-order chi connectivity index (χ1) is 10.2. The zero-order valence-electron chi connectivity index (χ0n) is 13.2. The molecule has 21 heavy (non-hydrogen) atoms. The van der Waals surface area contributed by atoms with Gasteiger partial charge >= 0.3 is 0 Å². The van der Waals surface area contributed by atoms with Crippen LogP contribution in [-0.2, 0) is 4.79 Å². The standard InChI is InChI=1S/C16H26N2O3/c1-4-5-6-10-17-11-9-16(19)18-14-8-7-13(20-2)12-15(14)21-3/h7-8,12,17H,4-6,9-11H2,1-3H3,(H,18,19). The van der Waals surface area contributed by atoms with Crippen molar-refractivity contribution >= 4 is 11.6 Å². The lowest BCUT2D eigenvalue weighted by Crippen LogP contribution is -2.22. The zero-order chi connectivity index (χ0) is 15.5. The Morgan fingerprint density at radius 2 is 1.95 bits per heavy atom. The maximum absolute atomic E-state index is 11.9. The van der Waals surface area contributed by atoms with Gasteiger partial charge in [0.2, 0.25) is 5.91 Å². The molecule has 0 radical (unpaired) electrons. The molecule has 0 fully saturated rings. The lowest BCUT2D eigenvalue weighted by Gasteiger charge is -2.11. The van der Waals surface area contributed by atoms with Gasteiger partial charge in [-0.15, -0.1) is 0 Å². The summed E-state index contributed by atoms with van der Waals surface area (Å²) in [6.07, 6.45) is 4.04. The van der Waals surface area contributed by atoms with E-state index in [4.69, 9.17) is 9.47 Å². The first kappa shape index (κ1) is 17.3. The van der Waals surface area contributed by atoms with Crippen molar-refractivity contribution in [2.75, 3.05) is 32.6 Å². The number of unbranched alkanes of at least 4 members (excludes halogenated alkanes) is 2. The predicted molar refractivity (Wildman–Crippen MR) is 85.2 cm³/mol. The van der Waals surface area contributed by atoms with Crippen LogP contribution in [0.1, 0.15) is 32.6 Å². The second kappa shape index (κ2) is 10.0. The molecular formula is C16H26N2O3. The molecule has 0 saturated heterocycles. The summed E-state index contributed by atoms with van der Waals surface area (Å²) < 4.78 is 10.4. The van der Waals surface area contributed by atoms with E-state index in [0.29, 0.717) is 30.2 Å². The van der Waals surface area contributed by atoms with Crippen molar-refractivity contribution in [3.8, 4) is 11.5 Å². The minimum absolute atomic E-state index is 0.0264. The molecule has 1 aromatic rings. The highest BCUT2D eigenvalue weighted by Gasteiger charge is 2.08. The predicted octanol–water partition coefficient (Wildman–Crippen LogP) is 2.81. The van der Waals surface area contributed by atoms with E-state index in [2.05, 4.69) is 17.6 Å². The molecule has 118 valence electrons. The molecule has 1 aromatic carbocycles. The second-order valence-electron chi connectivity index (χ2n) is 4.82. The topological polar surface area (TPSA) is 59.6 Å². The summed E-state index contributed by atoms with van der Waals surface area (Å²) in [6, 6.07) is 5.32. The van der Waals surface area contributed by atoms with E-state index in [0.717, 1.165) is 13.0 Å². The molecule has 1 amide bonds. The highest BCUT2D eigenvalue weighted by Crippen LogP contribution is 2.28. The van der Waals surface area contributed by atoms with E-state index in [9.17, 15) is 4.79 Å². The monoisotopic (exact) mass is 294 g/mol.